The number of hydrogen-bond donors (Lipinski definition) is 0. The van der Waals surface area contributed by atoms with E-state index in [0.29, 0.717) is 17.5 Å². The van der Waals surface area contributed by atoms with Crippen molar-refractivity contribution in [1.29, 1.82) is 0 Å². The lowest BCUT2D eigenvalue weighted by molar-refractivity contribution is 0.669. The molecule has 0 fully saturated rings. The van der Waals surface area contributed by atoms with Gasteiger partial charge >= 0.3 is 0 Å². The van der Waals surface area contributed by atoms with Crippen LogP contribution in [-0.2, 0) is 0 Å². The summed E-state index contributed by atoms with van der Waals surface area (Å²) in [6.07, 6.45) is 0. The lowest BCUT2D eigenvalue weighted by Gasteiger charge is -2.13. The molecule has 292 valence electrons. The van der Waals surface area contributed by atoms with Crippen molar-refractivity contribution in [3.05, 3.63) is 194 Å². The Balaban J connectivity index is 0.976. The van der Waals surface area contributed by atoms with E-state index in [1.165, 1.54) is 47.1 Å². The van der Waals surface area contributed by atoms with Crippen LogP contribution in [0, 0.1) is 0 Å². The van der Waals surface area contributed by atoms with Gasteiger partial charge in [0.05, 0.1) is 16.7 Å². The van der Waals surface area contributed by atoms with Gasteiger partial charge in [0.25, 0.3) is 0 Å². The number of benzene rings is 10. The maximum atomic E-state index is 6.93. The predicted molar refractivity (Wildman–Crippen MR) is 263 cm³/mol. The Kier molecular flexibility index (Phi) is 7.21. The Bertz CT molecular complexity index is 4230. The normalized spacial score (nSPS) is 12.1. The van der Waals surface area contributed by atoms with Gasteiger partial charge in [-0.25, -0.2) is 15.0 Å². The van der Waals surface area contributed by atoms with E-state index in [-0.39, 0.29) is 0 Å². The summed E-state index contributed by atoms with van der Waals surface area (Å²) in [5, 5.41) is 14.1. The summed E-state index contributed by atoms with van der Waals surface area (Å²) in [7, 11) is 0. The SMILES string of the molecule is c1ccc2cc(-c3nc(-c4ccc5c(c4)oc4cc(-n6c7ccccc7c7cc8ccccc8cc76)c6ccccc6c45)nc(-c4ccc5sc6ccccc6c5c4)n3)ccc2c1. The number of furan rings is 1. The van der Waals surface area contributed by atoms with E-state index in [1.54, 1.807) is 11.3 Å². The Hall–Kier alpha value is -8.19. The number of hydrogen-bond acceptors (Lipinski definition) is 5. The Labute approximate surface area is 363 Å². The number of aromatic nitrogens is 4. The van der Waals surface area contributed by atoms with Gasteiger partial charge in [0.1, 0.15) is 11.2 Å². The highest BCUT2D eigenvalue weighted by Crippen LogP contribution is 2.43. The second kappa shape index (κ2) is 13.2. The molecular weight excluding hydrogens is 789 g/mol. The first-order chi connectivity index (χ1) is 31.2. The fourth-order valence-corrected chi connectivity index (χ4v) is 10.9. The molecule has 10 aromatic carbocycles. The third kappa shape index (κ3) is 5.25. The fraction of sp³-hybridized carbons (Fsp3) is 0. The van der Waals surface area contributed by atoms with E-state index in [9.17, 15) is 0 Å². The van der Waals surface area contributed by atoms with E-state index >= 15 is 0 Å². The zero-order valence-electron chi connectivity index (χ0n) is 33.6. The van der Waals surface area contributed by atoms with Gasteiger partial charge in [-0.1, -0.05) is 127 Å². The highest BCUT2D eigenvalue weighted by Gasteiger charge is 2.21. The standard InChI is InChI=1S/C57H32N4OS/c1-2-12-34-27-37(22-21-33(34)11-1)55-58-56(38-24-26-53-46(29-38)42-17-8-10-20-52(42)63-53)60-57(59-55)39-23-25-44-50(31-39)62-51-32-49(40-15-5-6-18-43(40)54(44)51)61-47-19-9-7-16-41(47)45-28-35-13-3-4-14-36(35)30-48(45)61/h1-32H. The van der Waals surface area contributed by atoms with Gasteiger partial charge in [-0.2, -0.15) is 0 Å². The van der Waals surface area contributed by atoms with Crippen molar-refractivity contribution in [3.63, 3.8) is 0 Å². The third-order valence-corrected chi connectivity index (χ3v) is 13.9. The van der Waals surface area contributed by atoms with Crippen LogP contribution in [-0.4, -0.2) is 19.5 Å². The Morgan fingerprint density at radius 1 is 0.349 bits per heavy atom. The molecule has 63 heavy (non-hydrogen) atoms. The summed E-state index contributed by atoms with van der Waals surface area (Å²) in [4.78, 5) is 15.5. The molecular formula is C57H32N4OS. The maximum Gasteiger partial charge on any atom is 0.164 e. The van der Waals surface area contributed by atoms with E-state index in [1.807, 2.05) is 0 Å². The van der Waals surface area contributed by atoms with Gasteiger partial charge in [0, 0.05) is 69.9 Å². The van der Waals surface area contributed by atoms with Crippen LogP contribution in [0.2, 0.25) is 0 Å². The number of thiophene rings is 1. The minimum atomic E-state index is 0.587. The van der Waals surface area contributed by atoms with Crippen molar-refractivity contribution in [3.8, 4) is 39.9 Å². The molecule has 4 aromatic heterocycles. The highest BCUT2D eigenvalue weighted by atomic mass is 32.1. The second-order valence-corrected chi connectivity index (χ2v) is 17.5. The Morgan fingerprint density at radius 3 is 1.75 bits per heavy atom. The van der Waals surface area contributed by atoms with Gasteiger partial charge in [-0.15, -0.1) is 11.3 Å². The second-order valence-electron chi connectivity index (χ2n) is 16.4. The lowest BCUT2D eigenvalue weighted by Crippen LogP contribution is -2.00. The topological polar surface area (TPSA) is 56.7 Å². The highest BCUT2D eigenvalue weighted by molar-refractivity contribution is 7.25. The Morgan fingerprint density at radius 2 is 0.937 bits per heavy atom. The average molecular weight is 821 g/mol. The molecule has 0 N–H and O–H groups in total. The summed E-state index contributed by atoms with van der Waals surface area (Å²) < 4.78 is 11.8. The molecule has 0 saturated heterocycles. The monoisotopic (exact) mass is 820 g/mol. The molecule has 0 amide bonds. The van der Waals surface area contributed by atoms with E-state index in [0.717, 1.165) is 71.5 Å². The maximum absolute atomic E-state index is 6.93. The van der Waals surface area contributed by atoms with Crippen molar-refractivity contribution < 1.29 is 4.42 Å². The molecule has 4 heterocycles. The fourth-order valence-electron chi connectivity index (χ4n) is 9.82. The largest absolute Gasteiger partial charge is 0.456 e. The van der Waals surface area contributed by atoms with Crippen molar-refractivity contribution in [2.75, 3.05) is 0 Å². The first-order valence-corrected chi connectivity index (χ1v) is 22.0. The van der Waals surface area contributed by atoms with Gasteiger partial charge in [-0.05, 0) is 87.6 Å². The number of para-hydroxylation sites is 1. The minimum Gasteiger partial charge on any atom is -0.456 e. The van der Waals surface area contributed by atoms with Crippen LogP contribution in [0.3, 0.4) is 0 Å². The van der Waals surface area contributed by atoms with Gasteiger partial charge in [0.15, 0.2) is 17.5 Å². The summed E-state index contributed by atoms with van der Waals surface area (Å²) >= 11 is 1.81. The summed E-state index contributed by atoms with van der Waals surface area (Å²) in [6, 6.07) is 69.2. The summed E-state index contributed by atoms with van der Waals surface area (Å²) in [5.74, 6) is 1.83. The van der Waals surface area contributed by atoms with Crippen molar-refractivity contribution in [2.24, 2.45) is 0 Å². The quantitative estimate of drug-likeness (QED) is 0.177. The van der Waals surface area contributed by atoms with Crippen LogP contribution in [0.1, 0.15) is 0 Å². The van der Waals surface area contributed by atoms with Crippen LogP contribution < -0.4 is 0 Å². The molecule has 5 nitrogen and oxygen atoms in total. The number of fused-ring (bicyclic) bond motifs is 13. The van der Waals surface area contributed by atoms with E-state index in [4.69, 9.17) is 19.4 Å². The molecule has 14 rings (SSSR count). The van der Waals surface area contributed by atoms with E-state index < -0.39 is 0 Å². The zero-order valence-corrected chi connectivity index (χ0v) is 34.4. The van der Waals surface area contributed by atoms with E-state index in [2.05, 4.69) is 199 Å². The van der Waals surface area contributed by atoms with Crippen LogP contribution in [0.25, 0.3) is 136 Å². The molecule has 0 spiro atoms. The van der Waals surface area contributed by atoms with Crippen LogP contribution >= 0.6 is 11.3 Å². The van der Waals surface area contributed by atoms with Crippen molar-refractivity contribution >= 4 is 108 Å². The molecule has 6 heteroatoms. The zero-order chi connectivity index (χ0) is 41.2. The van der Waals surface area contributed by atoms with Crippen LogP contribution in [0.15, 0.2) is 199 Å². The van der Waals surface area contributed by atoms with Crippen molar-refractivity contribution in [2.45, 2.75) is 0 Å². The molecule has 0 aliphatic heterocycles. The first-order valence-electron chi connectivity index (χ1n) is 21.2. The smallest absolute Gasteiger partial charge is 0.164 e. The molecule has 0 radical (unpaired) electrons. The minimum absolute atomic E-state index is 0.587. The summed E-state index contributed by atoms with van der Waals surface area (Å²) in [6.45, 7) is 0. The summed E-state index contributed by atoms with van der Waals surface area (Å²) in [5.41, 5.74) is 7.73. The molecule has 0 aliphatic carbocycles. The van der Waals surface area contributed by atoms with Gasteiger partial charge < -0.3 is 8.98 Å². The number of rotatable bonds is 4. The van der Waals surface area contributed by atoms with Crippen LogP contribution in [0.5, 0.6) is 0 Å². The number of nitrogens with zero attached hydrogens (tertiary/aromatic N) is 4. The van der Waals surface area contributed by atoms with Gasteiger partial charge in [-0.3, -0.25) is 0 Å². The van der Waals surface area contributed by atoms with Crippen LogP contribution in [0.4, 0.5) is 0 Å². The molecule has 0 atom stereocenters. The third-order valence-electron chi connectivity index (χ3n) is 12.8. The average Bonchev–Trinajstić information content (AvgIpc) is 4.01. The molecule has 0 unspecified atom stereocenters. The van der Waals surface area contributed by atoms with Gasteiger partial charge in [0.2, 0.25) is 0 Å². The first kappa shape index (κ1) is 34.5. The molecule has 0 bridgehead atoms. The lowest BCUT2D eigenvalue weighted by atomic mass is 10.0. The molecule has 0 aliphatic rings. The predicted octanol–water partition coefficient (Wildman–Crippen LogP) is 15.7. The van der Waals surface area contributed by atoms with Crippen molar-refractivity contribution in [1.82, 2.24) is 19.5 Å². The molecule has 0 saturated carbocycles. The molecule has 14 aromatic rings.